The molecular formula is C7H12Mg2O4+2. The largest absolute Gasteiger partial charge is 2.00 e. The van der Waals surface area contributed by atoms with E-state index in [4.69, 9.17) is 0 Å². The summed E-state index contributed by atoms with van der Waals surface area (Å²) in [6, 6.07) is 0. The number of carboxylic acids is 2. The van der Waals surface area contributed by atoms with Crippen LogP contribution in [-0.4, -0.2) is 58.0 Å². The topological polar surface area (TPSA) is 80.3 Å². The van der Waals surface area contributed by atoms with Gasteiger partial charge >= 0.3 is 46.1 Å². The Labute approximate surface area is 110 Å². The second-order valence-corrected chi connectivity index (χ2v) is 1.85. The summed E-state index contributed by atoms with van der Waals surface area (Å²) in [7, 11) is 0. The molecule has 0 aliphatic heterocycles. The van der Waals surface area contributed by atoms with Crippen molar-refractivity contribution in [1.29, 1.82) is 0 Å². The Kier molecular flexibility index (Phi) is 32.9. The maximum Gasteiger partial charge on any atom is 2.00 e. The molecule has 0 spiro atoms. The summed E-state index contributed by atoms with van der Waals surface area (Å²) >= 11 is 0. The van der Waals surface area contributed by atoms with Crippen molar-refractivity contribution in [2.45, 2.75) is 33.1 Å². The third-order valence-corrected chi connectivity index (χ3v) is 0.743. The van der Waals surface area contributed by atoms with Crippen molar-refractivity contribution in [3.63, 3.8) is 0 Å². The predicted octanol–water partition coefficient (Wildman–Crippen LogP) is -2.08. The van der Waals surface area contributed by atoms with E-state index in [9.17, 15) is 19.8 Å². The number of aliphatic carboxylic acids is 2. The number of hydrogen-bond donors (Lipinski definition) is 0. The Balaban J connectivity index is -0.0000000546. The molecule has 6 heteroatoms. The molecule has 13 heavy (non-hydrogen) atoms. The fourth-order valence-corrected chi connectivity index (χ4v) is 0.204. The standard InChI is InChI=1S/C4H8O2.C3H6O2.2Mg/c1-2-3-4(5)6;1-2-3(4)5;;/h2-3H2,1H3,(H,5,6);2H2,1H3,(H,4,5);;/q;;2*+2/p-2. The van der Waals surface area contributed by atoms with Gasteiger partial charge in [-0.3, -0.25) is 0 Å². The van der Waals surface area contributed by atoms with E-state index in [2.05, 4.69) is 0 Å². The Bertz CT molecular complexity index is 128. The zero-order chi connectivity index (χ0) is 9.28. The van der Waals surface area contributed by atoms with Crippen LogP contribution in [0, 0.1) is 0 Å². The third-order valence-electron chi connectivity index (χ3n) is 0.743. The van der Waals surface area contributed by atoms with Crippen molar-refractivity contribution < 1.29 is 19.8 Å². The predicted molar refractivity (Wildman–Crippen MR) is 46.7 cm³/mol. The van der Waals surface area contributed by atoms with Crippen LogP contribution in [0.3, 0.4) is 0 Å². The molecule has 0 aliphatic rings. The second kappa shape index (κ2) is 18.3. The van der Waals surface area contributed by atoms with E-state index in [1.165, 1.54) is 6.92 Å². The van der Waals surface area contributed by atoms with Crippen molar-refractivity contribution in [3.8, 4) is 0 Å². The smallest absolute Gasteiger partial charge is 0.550 e. The monoisotopic (exact) mass is 208 g/mol. The van der Waals surface area contributed by atoms with E-state index in [1.807, 2.05) is 0 Å². The van der Waals surface area contributed by atoms with Gasteiger partial charge in [0.15, 0.2) is 0 Å². The van der Waals surface area contributed by atoms with Gasteiger partial charge in [-0.15, -0.1) is 0 Å². The van der Waals surface area contributed by atoms with E-state index in [0.29, 0.717) is 6.42 Å². The summed E-state index contributed by atoms with van der Waals surface area (Å²) in [6.07, 6.45) is 0.961. The van der Waals surface area contributed by atoms with Crippen LogP contribution in [0.1, 0.15) is 33.1 Å². The minimum Gasteiger partial charge on any atom is -0.550 e. The summed E-state index contributed by atoms with van der Waals surface area (Å²) in [6.45, 7) is 3.34. The molecule has 0 aromatic heterocycles. The van der Waals surface area contributed by atoms with Crippen LogP contribution in [-0.2, 0) is 9.59 Å². The van der Waals surface area contributed by atoms with Gasteiger partial charge in [0.25, 0.3) is 0 Å². The molecule has 0 bridgehead atoms. The molecular weight excluding hydrogens is 197 g/mol. The van der Waals surface area contributed by atoms with Crippen LogP contribution in [0.2, 0.25) is 0 Å². The summed E-state index contributed by atoms with van der Waals surface area (Å²) in [4.78, 5) is 18.7. The minimum absolute atomic E-state index is 0. The maximum absolute atomic E-state index is 9.49. The van der Waals surface area contributed by atoms with Crippen LogP contribution >= 0.6 is 0 Å². The first kappa shape index (κ1) is 23.4. The zero-order valence-corrected chi connectivity index (χ0v) is 11.0. The van der Waals surface area contributed by atoms with Crippen LogP contribution < -0.4 is 10.2 Å². The molecule has 0 aliphatic carbocycles. The molecule has 0 atom stereocenters. The molecule has 0 saturated carbocycles. The molecule has 4 nitrogen and oxygen atoms in total. The molecule has 0 fully saturated rings. The van der Waals surface area contributed by atoms with Crippen molar-refractivity contribution in [3.05, 3.63) is 0 Å². The van der Waals surface area contributed by atoms with E-state index in [1.54, 1.807) is 6.92 Å². The SMILES string of the molecule is CCC(=O)[O-].CCCC(=O)[O-].[Mg+2].[Mg+2]. The molecule has 0 saturated heterocycles. The van der Waals surface area contributed by atoms with Crippen molar-refractivity contribution in [1.82, 2.24) is 0 Å². The van der Waals surface area contributed by atoms with Crippen LogP contribution in [0.15, 0.2) is 0 Å². The number of carboxylic acid groups (broad SMARTS) is 2. The zero-order valence-electron chi connectivity index (χ0n) is 8.17. The van der Waals surface area contributed by atoms with Gasteiger partial charge in [0.2, 0.25) is 0 Å². The first-order valence-corrected chi connectivity index (χ1v) is 3.44. The molecule has 0 heterocycles. The Morgan fingerprint density at radius 3 is 1.31 bits per heavy atom. The molecule has 0 radical (unpaired) electrons. The van der Waals surface area contributed by atoms with E-state index >= 15 is 0 Å². The average molecular weight is 209 g/mol. The van der Waals surface area contributed by atoms with Crippen molar-refractivity contribution in [2.24, 2.45) is 0 Å². The summed E-state index contributed by atoms with van der Waals surface area (Å²) in [5.41, 5.74) is 0. The van der Waals surface area contributed by atoms with Gasteiger partial charge in [-0.25, -0.2) is 0 Å². The van der Waals surface area contributed by atoms with Gasteiger partial charge in [0.1, 0.15) is 0 Å². The first-order valence-electron chi connectivity index (χ1n) is 3.44. The maximum atomic E-state index is 9.49. The molecule has 0 aromatic carbocycles. The van der Waals surface area contributed by atoms with Gasteiger partial charge in [-0.05, 0) is 12.8 Å². The van der Waals surface area contributed by atoms with Crippen LogP contribution in [0.25, 0.3) is 0 Å². The Hall–Kier alpha value is 0.472. The number of carbonyl (C=O) groups excluding carboxylic acids is 2. The Morgan fingerprint density at radius 2 is 1.31 bits per heavy atom. The van der Waals surface area contributed by atoms with E-state index in [-0.39, 0.29) is 58.9 Å². The summed E-state index contributed by atoms with van der Waals surface area (Å²) in [5.74, 6) is -1.96. The van der Waals surface area contributed by atoms with Gasteiger partial charge in [-0.2, -0.15) is 0 Å². The third kappa shape index (κ3) is 45.7. The fraction of sp³-hybridized carbons (Fsp3) is 0.714. The van der Waals surface area contributed by atoms with Crippen molar-refractivity contribution in [2.75, 3.05) is 0 Å². The number of rotatable bonds is 3. The second-order valence-electron chi connectivity index (χ2n) is 1.85. The number of carbonyl (C=O) groups is 2. The average Bonchev–Trinajstić information content (AvgIpc) is 1.89. The van der Waals surface area contributed by atoms with Gasteiger partial charge in [0.05, 0.1) is 0 Å². The normalized spacial score (nSPS) is 6.62. The van der Waals surface area contributed by atoms with Crippen LogP contribution in [0.5, 0.6) is 0 Å². The molecule has 0 aromatic rings. The summed E-state index contributed by atoms with van der Waals surface area (Å²) < 4.78 is 0. The molecule has 0 rings (SSSR count). The molecule has 0 amide bonds. The summed E-state index contributed by atoms with van der Waals surface area (Å²) in [5, 5.41) is 18.7. The fourth-order valence-electron chi connectivity index (χ4n) is 0.204. The van der Waals surface area contributed by atoms with E-state index in [0.717, 1.165) is 0 Å². The molecule has 0 unspecified atom stereocenters. The van der Waals surface area contributed by atoms with Gasteiger partial charge in [0, 0.05) is 11.9 Å². The molecule has 66 valence electrons. The van der Waals surface area contributed by atoms with Gasteiger partial charge < -0.3 is 19.8 Å². The first-order chi connectivity index (χ1) is 5.04. The van der Waals surface area contributed by atoms with Crippen molar-refractivity contribution >= 4 is 58.0 Å². The van der Waals surface area contributed by atoms with Crippen LogP contribution in [0.4, 0.5) is 0 Å². The Morgan fingerprint density at radius 1 is 1.00 bits per heavy atom. The number of hydrogen-bond acceptors (Lipinski definition) is 4. The minimum atomic E-state index is -0.995. The van der Waals surface area contributed by atoms with E-state index < -0.39 is 11.9 Å². The molecule has 0 N–H and O–H groups in total. The van der Waals surface area contributed by atoms with Gasteiger partial charge in [-0.1, -0.05) is 20.3 Å². The quantitative estimate of drug-likeness (QED) is 0.499.